The van der Waals surface area contributed by atoms with Crippen LogP contribution in [-0.4, -0.2) is 12.6 Å². The highest BCUT2D eigenvalue weighted by atomic mass is 16.5. The largest absolute Gasteiger partial charge is 0.462 e. The van der Waals surface area contributed by atoms with Crippen molar-refractivity contribution in [2.45, 2.75) is 20.3 Å². The van der Waals surface area contributed by atoms with Crippen molar-refractivity contribution in [3.05, 3.63) is 35.4 Å². The van der Waals surface area contributed by atoms with Gasteiger partial charge in [0.15, 0.2) is 0 Å². The van der Waals surface area contributed by atoms with Gasteiger partial charge in [-0.2, -0.15) is 0 Å². The summed E-state index contributed by atoms with van der Waals surface area (Å²) in [6.45, 7) is 4.73. The van der Waals surface area contributed by atoms with Gasteiger partial charge in [0.1, 0.15) is 0 Å². The lowest BCUT2D eigenvalue weighted by atomic mass is 9.86. The fourth-order valence-corrected chi connectivity index (χ4v) is 1.78. The molecule has 0 amide bonds. The number of hydrogen-bond donors (Lipinski definition) is 0. The van der Waals surface area contributed by atoms with Crippen molar-refractivity contribution in [3.63, 3.8) is 0 Å². The monoisotopic (exact) mass is 190 g/mol. The number of ether oxygens (including phenoxy) is 1. The Labute approximate surface area is 83.9 Å². The van der Waals surface area contributed by atoms with Gasteiger partial charge in [0.05, 0.1) is 12.2 Å². The number of cyclic esters (lactones) is 1. The van der Waals surface area contributed by atoms with Crippen molar-refractivity contribution in [3.8, 4) is 0 Å². The van der Waals surface area contributed by atoms with Gasteiger partial charge in [0.25, 0.3) is 0 Å². The summed E-state index contributed by atoms with van der Waals surface area (Å²) in [7, 11) is 0. The number of esters is 1. The van der Waals surface area contributed by atoms with E-state index in [9.17, 15) is 4.79 Å². The molecule has 0 aromatic heterocycles. The van der Waals surface area contributed by atoms with E-state index in [2.05, 4.69) is 13.8 Å². The first-order valence-electron chi connectivity index (χ1n) is 4.83. The van der Waals surface area contributed by atoms with Gasteiger partial charge in [-0.05, 0) is 18.1 Å². The highest BCUT2D eigenvalue weighted by Crippen LogP contribution is 2.28. The maximum atomic E-state index is 11.6. The molecule has 0 aliphatic carbocycles. The average molecular weight is 190 g/mol. The van der Waals surface area contributed by atoms with Crippen molar-refractivity contribution in [2.75, 3.05) is 6.61 Å². The van der Waals surface area contributed by atoms with Crippen molar-refractivity contribution in [1.82, 2.24) is 0 Å². The maximum absolute atomic E-state index is 11.6. The molecule has 0 spiro atoms. The first-order chi connectivity index (χ1) is 6.58. The second-order valence-electron chi connectivity index (χ2n) is 4.57. The van der Waals surface area contributed by atoms with Crippen molar-refractivity contribution >= 4 is 5.97 Å². The number of fused-ring (bicyclic) bond motifs is 1. The predicted molar refractivity (Wildman–Crippen MR) is 54.2 cm³/mol. The smallest absolute Gasteiger partial charge is 0.338 e. The quantitative estimate of drug-likeness (QED) is 0.587. The van der Waals surface area contributed by atoms with E-state index in [0.29, 0.717) is 6.61 Å². The van der Waals surface area contributed by atoms with Crippen LogP contribution in [0.15, 0.2) is 24.3 Å². The third-order valence-electron chi connectivity index (χ3n) is 2.50. The van der Waals surface area contributed by atoms with E-state index in [0.717, 1.165) is 17.5 Å². The van der Waals surface area contributed by atoms with E-state index >= 15 is 0 Å². The lowest BCUT2D eigenvalue weighted by Gasteiger charge is -2.20. The lowest BCUT2D eigenvalue weighted by Crippen LogP contribution is -2.20. The molecule has 2 rings (SSSR count). The molecule has 14 heavy (non-hydrogen) atoms. The first kappa shape index (κ1) is 9.25. The van der Waals surface area contributed by atoms with Crippen LogP contribution >= 0.6 is 0 Å². The molecule has 1 heterocycles. The fourth-order valence-electron chi connectivity index (χ4n) is 1.78. The number of carbonyl (C=O) groups excluding carboxylic acids is 1. The van der Waals surface area contributed by atoms with E-state index in [1.165, 1.54) is 0 Å². The van der Waals surface area contributed by atoms with Crippen LogP contribution in [-0.2, 0) is 11.2 Å². The molecule has 0 fully saturated rings. The van der Waals surface area contributed by atoms with Crippen LogP contribution in [0.2, 0.25) is 0 Å². The standard InChI is InChI=1S/C12H14O2/c1-12(2)7-9-5-3-4-6-10(9)11(13)14-8-12/h3-6H,7-8H2,1-2H3. The minimum atomic E-state index is -0.189. The molecule has 74 valence electrons. The van der Waals surface area contributed by atoms with Gasteiger partial charge in [-0.1, -0.05) is 32.0 Å². The van der Waals surface area contributed by atoms with E-state index in [-0.39, 0.29) is 11.4 Å². The molecule has 0 saturated heterocycles. The van der Waals surface area contributed by atoms with Crippen LogP contribution in [0.4, 0.5) is 0 Å². The maximum Gasteiger partial charge on any atom is 0.338 e. The molecule has 2 nitrogen and oxygen atoms in total. The van der Waals surface area contributed by atoms with Crippen molar-refractivity contribution < 1.29 is 9.53 Å². The second kappa shape index (κ2) is 3.12. The highest BCUT2D eigenvalue weighted by Gasteiger charge is 2.27. The first-order valence-corrected chi connectivity index (χ1v) is 4.83. The van der Waals surface area contributed by atoms with Gasteiger partial charge in [0, 0.05) is 5.41 Å². The molecule has 1 aliphatic heterocycles. The van der Waals surface area contributed by atoms with Gasteiger partial charge in [-0.3, -0.25) is 0 Å². The molecular weight excluding hydrogens is 176 g/mol. The molecule has 1 aliphatic rings. The molecule has 0 bridgehead atoms. The van der Waals surface area contributed by atoms with Crippen LogP contribution < -0.4 is 0 Å². The zero-order valence-corrected chi connectivity index (χ0v) is 8.54. The predicted octanol–water partition coefficient (Wildman–Crippen LogP) is 2.43. The Morgan fingerprint density at radius 1 is 1.29 bits per heavy atom. The zero-order chi connectivity index (χ0) is 10.2. The van der Waals surface area contributed by atoms with Gasteiger partial charge in [-0.25, -0.2) is 4.79 Å². The number of carbonyl (C=O) groups is 1. The molecule has 1 aromatic rings. The van der Waals surface area contributed by atoms with Gasteiger partial charge in [0.2, 0.25) is 0 Å². The minimum Gasteiger partial charge on any atom is -0.462 e. The number of benzene rings is 1. The van der Waals surface area contributed by atoms with E-state index in [1.807, 2.05) is 24.3 Å². The molecule has 0 radical (unpaired) electrons. The Bertz CT molecular complexity index is 366. The van der Waals surface area contributed by atoms with Crippen LogP contribution in [0.3, 0.4) is 0 Å². The van der Waals surface area contributed by atoms with Crippen LogP contribution in [0.1, 0.15) is 29.8 Å². The summed E-state index contributed by atoms with van der Waals surface area (Å²) < 4.78 is 5.21. The number of hydrogen-bond acceptors (Lipinski definition) is 2. The highest BCUT2D eigenvalue weighted by molar-refractivity contribution is 5.91. The lowest BCUT2D eigenvalue weighted by molar-refractivity contribution is 0.0374. The Balaban J connectivity index is 2.46. The Morgan fingerprint density at radius 3 is 2.79 bits per heavy atom. The molecule has 2 heteroatoms. The minimum absolute atomic E-state index is 0.0439. The summed E-state index contributed by atoms with van der Waals surface area (Å²) in [6.07, 6.45) is 0.898. The Hall–Kier alpha value is -1.31. The summed E-state index contributed by atoms with van der Waals surface area (Å²) in [5, 5.41) is 0. The van der Waals surface area contributed by atoms with E-state index in [1.54, 1.807) is 0 Å². The number of rotatable bonds is 0. The Kier molecular flexibility index (Phi) is 2.06. The van der Waals surface area contributed by atoms with Crippen LogP contribution in [0.25, 0.3) is 0 Å². The third kappa shape index (κ3) is 1.65. The SMILES string of the molecule is CC1(C)COC(=O)c2ccccc2C1. The molecule has 0 saturated carbocycles. The van der Waals surface area contributed by atoms with Crippen molar-refractivity contribution in [2.24, 2.45) is 5.41 Å². The molecule has 0 atom stereocenters. The summed E-state index contributed by atoms with van der Waals surface area (Å²) in [5.74, 6) is -0.189. The van der Waals surface area contributed by atoms with Crippen LogP contribution in [0, 0.1) is 5.41 Å². The van der Waals surface area contributed by atoms with Gasteiger partial charge < -0.3 is 4.74 Å². The summed E-state index contributed by atoms with van der Waals surface area (Å²) in [5.41, 5.74) is 1.86. The van der Waals surface area contributed by atoms with Gasteiger partial charge >= 0.3 is 5.97 Å². The van der Waals surface area contributed by atoms with Gasteiger partial charge in [-0.15, -0.1) is 0 Å². The summed E-state index contributed by atoms with van der Waals surface area (Å²) in [6, 6.07) is 7.68. The average Bonchev–Trinajstić information content (AvgIpc) is 2.25. The van der Waals surface area contributed by atoms with Crippen molar-refractivity contribution in [1.29, 1.82) is 0 Å². The zero-order valence-electron chi connectivity index (χ0n) is 8.54. The topological polar surface area (TPSA) is 26.3 Å². The summed E-state index contributed by atoms with van der Waals surface area (Å²) >= 11 is 0. The van der Waals surface area contributed by atoms with Crippen LogP contribution in [0.5, 0.6) is 0 Å². The molecular formula is C12H14O2. The van der Waals surface area contributed by atoms with E-state index in [4.69, 9.17) is 4.74 Å². The molecule has 1 aromatic carbocycles. The fraction of sp³-hybridized carbons (Fsp3) is 0.417. The van der Waals surface area contributed by atoms with E-state index < -0.39 is 0 Å². The summed E-state index contributed by atoms with van der Waals surface area (Å²) in [4.78, 5) is 11.6. The second-order valence-corrected chi connectivity index (χ2v) is 4.57. The molecule has 0 N–H and O–H groups in total. The third-order valence-corrected chi connectivity index (χ3v) is 2.50. The Morgan fingerprint density at radius 2 is 2.00 bits per heavy atom. The normalized spacial score (nSPS) is 19.4. The molecule has 0 unspecified atom stereocenters.